The molecule has 0 aliphatic heterocycles. The Morgan fingerprint density at radius 1 is 1.37 bits per heavy atom. The Morgan fingerprint density at radius 2 is 2.11 bits per heavy atom. The summed E-state index contributed by atoms with van der Waals surface area (Å²) in [4.78, 5) is 23.1. The summed E-state index contributed by atoms with van der Waals surface area (Å²) in [5.41, 5.74) is -0.0306. The highest BCUT2D eigenvalue weighted by atomic mass is 79.9. The van der Waals surface area contributed by atoms with Gasteiger partial charge in [0.25, 0.3) is 5.91 Å². The topological polar surface area (TPSA) is 58.2 Å². The minimum Gasteiger partial charge on any atom is -0.353 e. The quantitative estimate of drug-likeness (QED) is 0.868. The lowest BCUT2D eigenvalue weighted by Crippen LogP contribution is -2.32. The van der Waals surface area contributed by atoms with E-state index < -0.39 is 11.7 Å². The minimum absolute atomic E-state index is 0.0306. The number of halogens is 2. The molecule has 1 aliphatic rings. The second kappa shape index (κ2) is 6.14. The van der Waals surface area contributed by atoms with Gasteiger partial charge in [-0.3, -0.25) is 9.59 Å². The van der Waals surface area contributed by atoms with E-state index in [1.807, 2.05) is 0 Å². The van der Waals surface area contributed by atoms with Gasteiger partial charge in [-0.15, -0.1) is 0 Å². The summed E-state index contributed by atoms with van der Waals surface area (Å²) in [6.07, 6.45) is 2.26. The van der Waals surface area contributed by atoms with Crippen LogP contribution < -0.4 is 10.6 Å². The van der Waals surface area contributed by atoms with Gasteiger partial charge in [-0.1, -0.05) is 6.07 Å². The zero-order chi connectivity index (χ0) is 13.8. The van der Waals surface area contributed by atoms with Gasteiger partial charge in [0.1, 0.15) is 5.82 Å². The van der Waals surface area contributed by atoms with Crippen molar-refractivity contribution in [1.82, 2.24) is 10.6 Å². The van der Waals surface area contributed by atoms with Crippen LogP contribution in [0.15, 0.2) is 22.7 Å². The molecule has 1 aromatic carbocycles. The van der Waals surface area contributed by atoms with Crippen LogP contribution in [0.5, 0.6) is 0 Å². The van der Waals surface area contributed by atoms with Crippen molar-refractivity contribution >= 4 is 27.7 Å². The first-order valence-corrected chi connectivity index (χ1v) is 6.89. The van der Waals surface area contributed by atoms with E-state index in [1.54, 1.807) is 6.07 Å². The molecule has 2 N–H and O–H groups in total. The Kier molecular flexibility index (Phi) is 4.52. The molecular formula is C13H14BrFN2O2. The molecule has 0 bridgehead atoms. The molecule has 19 heavy (non-hydrogen) atoms. The fraction of sp³-hybridized carbons (Fsp3) is 0.385. The maximum atomic E-state index is 13.6. The first kappa shape index (κ1) is 14.0. The van der Waals surface area contributed by atoms with Crippen molar-refractivity contribution in [2.75, 3.05) is 6.54 Å². The first-order valence-electron chi connectivity index (χ1n) is 6.09. The molecule has 1 aliphatic carbocycles. The third kappa shape index (κ3) is 4.02. The van der Waals surface area contributed by atoms with Crippen LogP contribution in [0.1, 0.15) is 29.6 Å². The van der Waals surface area contributed by atoms with Gasteiger partial charge in [-0.05, 0) is 40.9 Å². The molecule has 2 rings (SSSR count). The number of hydrogen-bond donors (Lipinski definition) is 2. The van der Waals surface area contributed by atoms with Crippen LogP contribution in [0, 0.1) is 5.82 Å². The van der Waals surface area contributed by atoms with Crippen LogP contribution in [0.2, 0.25) is 0 Å². The monoisotopic (exact) mass is 328 g/mol. The Balaban J connectivity index is 1.80. The summed E-state index contributed by atoms with van der Waals surface area (Å²) in [7, 11) is 0. The molecule has 1 fully saturated rings. The molecule has 0 atom stereocenters. The molecule has 1 aromatic rings. The van der Waals surface area contributed by atoms with Crippen molar-refractivity contribution in [1.29, 1.82) is 0 Å². The number of amides is 2. The van der Waals surface area contributed by atoms with Crippen LogP contribution in [-0.2, 0) is 4.79 Å². The number of carbonyl (C=O) groups is 2. The summed E-state index contributed by atoms with van der Waals surface area (Å²) in [6, 6.07) is 4.82. The molecule has 0 saturated heterocycles. The van der Waals surface area contributed by atoms with E-state index in [0.717, 1.165) is 12.8 Å². The number of rotatable bonds is 5. The summed E-state index contributed by atoms with van der Waals surface area (Å²) < 4.78 is 13.9. The van der Waals surface area contributed by atoms with Gasteiger partial charge in [0, 0.05) is 19.0 Å². The van der Waals surface area contributed by atoms with Crippen molar-refractivity contribution in [3.63, 3.8) is 0 Å². The zero-order valence-electron chi connectivity index (χ0n) is 10.2. The number of benzene rings is 1. The van der Waals surface area contributed by atoms with Crippen LogP contribution in [0.4, 0.5) is 4.39 Å². The average molecular weight is 329 g/mol. The second-order valence-electron chi connectivity index (χ2n) is 4.45. The third-order valence-electron chi connectivity index (χ3n) is 2.78. The lowest BCUT2D eigenvalue weighted by molar-refractivity contribution is -0.121. The molecule has 102 valence electrons. The van der Waals surface area contributed by atoms with E-state index in [0.29, 0.717) is 6.04 Å². The van der Waals surface area contributed by atoms with Crippen LogP contribution in [-0.4, -0.2) is 24.4 Å². The van der Waals surface area contributed by atoms with Crippen molar-refractivity contribution in [3.05, 3.63) is 34.1 Å². The summed E-state index contributed by atoms with van der Waals surface area (Å²) in [5.74, 6) is -1.20. The van der Waals surface area contributed by atoms with E-state index >= 15 is 0 Å². The number of hydrogen-bond acceptors (Lipinski definition) is 2. The van der Waals surface area contributed by atoms with Gasteiger partial charge in [0.15, 0.2) is 0 Å². The highest BCUT2D eigenvalue weighted by Gasteiger charge is 2.23. The lowest BCUT2D eigenvalue weighted by Gasteiger charge is -2.07. The Labute approximate surface area is 118 Å². The van der Waals surface area contributed by atoms with Crippen LogP contribution in [0.25, 0.3) is 0 Å². The molecule has 2 amide bonds. The summed E-state index contributed by atoms with van der Waals surface area (Å²) in [5, 5.41) is 5.35. The summed E-state index contributed by atoms with van der Waals surface area (Å²) in [6.45, 7) is 0.198. The molecular weight excluding hydrogens is 315 g/mol. The molecule has 0 unspecified atom stereocenters. The van der Waals surface area contributed by atoms with E-state index in [-0.39, 0.29) is 28.9 Å². The van der Waals surface area contributed by atoms with Crippen LogP contribution in [0.3, 0.4) is 0 Å². The van der Waals surface area contributed by atoms with Gasteiger partial charge in [0.2, 0.25) is 5.91 Å². The number of nitrogens with one attached hydrogen (secondary N) is 2. The van der Waals surface area contributed by atoms with Gasteiger partial charge in [-0.25, -0.2) is 4.39 Å². The molecule has 4 nitrogen and oxygen atoms in total. The predicted octanol–water partition coefficient (Wildman–Crippen LogP) is 1.99. The van der Waals surface area contributed by atoms with Gasteiger partial charge >= 0.3 is 0 Å². The molecule has 0 heterocycles. The maximum absolute atomic E-state index is 13.6. The SMILES string of the molecule is O=C(CCNC(=O)c1cccc(Br)c1F)NC1CC1. The predicted molar refractivity (Wildman–Crippen MR) is 72.2 cm³/mol. The molecule has 6 heteroatoms. The molecule has 0 radical (unpaired) electrons. The standard InChI is InChI=1S/C13H14BrFN2O2/c14-10-3-1-2-9(12(10)15)13(19)16-7-6-11(18)17-8-4-5-8/h1-3,8H,4-7H2,(H,16,19)(H,17,18). The van der Waals surface area contributed by atoms with Crippen LogP contribution >= 0.6 is 15.9 Å². The van der Waals surface area contributed by atoms with E-state index in [9.17, 15) is 14.0 Å². The van der Waals surface area contributed by atoms with E-state index in [2.05, 4.69) is 26.6 Å². The largest absolute Gasteiger partial charge is 0.353 e. The zero-order valence-corrected chi connectivity index (χ0v) is 11.8. The van der Waals surface area contributed by atoms with Crippen molar-refractivity contribution in [3.8, 4) is 0 Å². The first-order chi connectivity index (χ1) is 9.08. The lowest BCUT2D eigenvalue weighted by atomic mass is 10.2. The summed E-state index contributed by atoms with van der Waals surface area (Å²) >= 11 is 3.02. The van der Waals surface area contributed by atoms with E-state index in [4.69, 9.17) is 0 Å². The van der Waals surface area contributed by atoms with Gasteiger partial charge < -0.3 is 10.6 Å². The van der Waals surface area contributed by atoms with Gasteiger partial charge in [-0.2, -0.15) is 0 Å². The average Bonchev–Trinajstić information content (AvgIpc) is 3.16. The normalized spacial score (nSPS) is 14.0. The second-order valence-corrected chi connectivity index (χ2v) is 5.30. The van der Waals surface area contributed by atoms with E-state index in [1.165, 1.54) is 12.1 Å². The smallest absolute Gasteiger partial charge is 0.254 e. The Bertz CT molecular complexity index is 503. The fourth-order valence-electron chi connectivity index (χ4n) is 1.59. The van der Waals surface area contributed by atoms with Crippen molar-refractivity contribution in [2.45, 2.75) is 25.3 Å². The minimum atomic E-state index is -0.595. The molecule has 0 spiro atoms. The maximum Gasteiger partial charge on any atom is 0.254 e. The van der Waals surface area contributed by atoms with Crippen molar-refractivity contribution < 1.29 is 14.0 Å². The van der Waals surface area contributed by atoms with Crippen molar-refractivity contribution in [2.24, 2.45) is 0 Å². The van der Waals surface area contributed by atoms with Gasteiger partial charge in [0.05, 0.1) is 10.0 Å². The highest BCUT2D eigenvalue weighted by molar-refractivity contribution is 9.10. The highest BCUT2D eigenvalue weighted by Crippen LogP contribution is 2.19. The molecule has 1 saturated carbocycles. The Morgan fingerprint density at radius 3 is 2.79 bits per heavy atom. The third-order valence-corrected chi connectivity index (χ3v) is 3.39. The number of carbonyl (C=O) groups excluding carboxylic acids is 2. The molecule has 0 aromatic heterocycles. The fourth-order valence-corrected chi connectivity index (χ4v) is 1.96. The Hall–Kier alpha value is -1.43.